The Morgan fingerprint density at radius 1 is 0.900 bits per heavy atom. The highest BCUT2D eigenvalue weighted by molar-refractivity contribution is 6.09. The molecule has 0 aliphatic rings. The molecule has 0 saturated heterocycles. The van der Waals surface area contributed by atoms with Crippen molar-refractivity contribution < 1.29 is 18.0 Å². The molecule has 0 radical (unpaired) electrons. The van der Waals surface area contributed by atoms with Gasteiger partial charge in [-0.1, -0.05) is 24.3 Å². The van der Waals surface area contributed by atoms with Crippen molar-refractivity contribution in [3.8, 4) is 0 Å². The lowest BCUT2D eigenvalue weighted by molar-refractivity contribution is -0.137. The number of carbonyl (C=O) groups excluding carboxylic acids is 1. The van der Waals surface area contributed by atoms with Crippen LogP contribution in [-0.2, 0) is 6.18 Å². The molecule has 0 amide bonds. The molecule has 4 heteroatoms. The van der Waals surface area contributed by atoms with Crippen molar-refractivity contribution in [2.24, 2.45) is 0 Å². The fourth-order valence-corrected chi connectivity index (χ4v) is 1.89. The average molecular weight is 278 g/mol. The van der Waals surface area contributed by atoms with Crippen LogP contribution in [0, 0.1) is 13.8 Å². The molecule has 0 aliphatic carbocycles. The van der Waals surface area contributed by atoms with Gasteiger partial charge in [-0.25, -0.2) is 0 Å². The first kappa shape index (κ1) is 14.3. The lowest BCUT2D eigenvalue weighted by Crippen LogP contribution is -2.08. The van der Waals surface area contributed by atoms with Crippen molar-refractivity contribution in [2.45, 2.75) is 20.0 Å². The summed E-state index contributed by atoms with van der Waals surface area (Å²) in [5.41, 5.74) is 1.59. The number of halogens is 3. The van der Waals surface area contributed by atoms with Gasteiger partial charge in [0.05, 0.1) is 5.56 Å². The van der Waals surface area contributed by atoms with Crippen molar-refractivity contribution in [3.63, 3.8) is 0 Å². The predicted octanol–water partition coefficient (Wildman–Crippen LogP) is 4.55. The minimum atomic E-state index is -4.44. The molecule has 0 N–H and O–H groups in total. The standard InChI is InChI=1S/C16H13F3O/c1-10-6-7-13(8-11(10)2)15(20)12-4-3-5-14(9-12)16(17,18)19/h3-9H,1-2H3. The van der Waals surface area contributed by atoms with Gasteiger partial charge in [-0.2, -0.15) is 13.2 Å². The SMILES string of the molecule is Cc1ccc(C(=O)c2cccc(C(F)(F)F)c2)cc1C. The number of hydrogen-bond acceptors (Lipinski definition) is 1. The zero-order valence-electron chi connectivity index (χ0n) is 11.1. The van der Waals surface area contributed by atoms with E-state index in [4.69, 9.17) is 0 Å². The van der Waals surface area contributed by atoms with Crippen molar-refractivity contribution in [2.75, 3.05) is 0 Å². The van der Waals surface area contributed by atoms with E-state index in [1.807, 2.05) is 13.8 Å². The van der Waals surface area contributed by atoms with Gasteiger partial charge in [-0.3, -0.25) is 4.79 Å². The summed E-state index contributed by atoms with van der Waals surface area (Å²) in [7, 11) is 0. The molecule has 0 aliphatic heterocycles. The van der Waals surface area contributed by atoms with E-state index < -0.39 is 17.5 Å². The van der Waals surface area contributed by atoms with E-state index in [0.717, 1.165) is 23.3 Å². The molecule has 1 nitrogen and oxygen atoms in total. The van der Waals surface area contributed by atoms with Crippen molar-refractivity contribution in [3.05, 3.63) is 70.3 Å². The summed E-state index contributed by atoms with van der Waals surface area (Å²) in [6, 6.07) is 9.59. The molecule has 0 atom stereocenters. The van der Waals surface area contributed by atoms with E-state index in [1.165, 1.54) is 12.1 Å². The molecule has 0 heterocycles. The zero-order valence-corrected chi connectivity index (χ0v) is 11.1. The number of benzene rings is 2. The van der Waals surface area contributed by atoms with E-state index in [-0.39, 0.29) is 5.56 Å². The summed E-state index contributed by atoms with van der Waals surface area (Å²) in [5, 5.41) is 0. The topological polar surface area (TPSA) is 17.1 Å². The lowest BCUT2D eigenvalue weighted by Gasteiger charge is -2.09. The molecular formula is C16H13F3O. The zero-order chi connectivity index (χ0) is 14.9. The quantitative estimate of drug-likeness (QED) is 0.736. The van der Waals surface area contributed by atoms with E-state index in [1.54, 1.807) is 18.2 Å². The summed E-state index contributed by atoms with van der Waals surface area (Å²) in [5.74, 6) is -0.404. The maximum absolute atomic E-state index is 12.6. The summed E-state index contributed by atoms with van der Waals surface area (Å²) >= 11 is 0. The molecule has 0 spiro atoms. The second-order valence-corrected chi connectivity index (χ2v) is 4.71. The Kier molecular flexibility index (Phi) is 3.66. The summed E-state index contributed by atoms with van der Waals surface area (Å²) in [6.45, 7) is 3.77. The largest absolute Gasteiger partial charge is 0.416 e. The van der Waals surface area contributed by atoms with Crippen LogP contribution < -0.4 is 0 Å². The molecular weight excluding hydrogens is 265 g/mol. The van der Waals surface area contributed by atoms with Crippen molar-refractivity contribution in [1.82, 2.24) is 0 Å². The molecule has 20 heavy (non-hydrogen) atoms. The van der Waals surface area contributed by atoms with Crippen LogP contribution >= 0.6 is 0 Å². The molecule has 0 aromatic heterocycles. The van der Waals surface area contributed by atoms with Gasteiger partial charge in [0.1, 0.15) is 0 Å². The maximum Gasteiger partial charge on any atom is 0.416 e. The average Bonchev–Trinajstić information content (AvgIpc) is 2.40. The Balaban J connectivity index is 2.41. The second kappa shape index (κ2) is 5.12. The first-order chi connectivity index (χ1) is 9.29. The predicted molar refractivity (Wildman–Crippen MR) is 70.8 cm³/mol. The third kappa shape index (κ3) is 2.90. The molecule has 2 aromatic rings. The Labute approximate surface area is 115 Å². The minimum absolute atomic E-state index is 0.0445. The van der Waals surface area contributed by atoms with Crippen molar-refractivity contribution in [1.29, 1.82) is 0 Å². The van der Waals surface area contributed by atoms with Crippen LogP contribution in [0.1, 0.15) is 32.6 Å². The van der Waals surface area contributed by atoms with Gasteiger partial charge in [0.25, 0.3) is 0 Å². The number of rotatable bonds is 2. The smallest absolute Gasteiger partial charge is 0.289 e. The van der Waals surface area contributed by atoms with E-state index in [9.17, 15) is 18.0 Å². The first-order valence-electron chi connectivity index (χ1n) is 6.08. The summed E-state index contributed by atoms with van der Waals surface area (Å²) in [6.07, 6.45) is -4.44. The van der Waals surface area contributed by atoms with Crippen LogP contribution in [0.5, 0.6) is 0 Å². The molecule has 0 saturated carbocycles. The fourth-order valence-electron chi connectivity index (χ4n) is 1.89. The first-order valence-corrected chi connectivity index (χ1v) is 6.08. The van der Waals surface area contributed by atoms with Crippen LogP contribution in [0.3, 0.4) is 0 Å². The monoisotopic (exact) mass is 278 g/mol. The minimum Gasteiger partial charge on any atom is -0.289 e. The van der Waals surface area contributed by atoms with Gasteiger partial charge in [-0.05, 0) is 43.2 Å². The molecule has 0 unspecified atom stereocenters. The van der Waals surface area contributed by atoms with Crippen LogP contribution in [-0.4, -0.2) is 5.78 Å². The molecule has 2 rings (SSSR count). The van der Waals surface area contributed by atoms with E-state index in [0.29, 0.717) is 5.56 Å². The Morgan fingerprint density at radius 3 is 2.15 bits per heavy atom. The molecule has 104 valence electrons. The Morgan fingerprint density at radius 2 is 1.55 bits per heavy atom. The third-order valence-electron chi connectivity index (χ3n) is 3.22. The van der Waals surface area contributed by atoms with Crippen LogP contribution in [0.25, 0.3) is 0 Å². The Hall–Kier alpha value is -2.10. The number of ketones is 1. The highest BCUT2D eigenvalue weighted by Gasteiger charge is 2.30. The molecule has 0 bridgehead atoms. The number of carbonyl (C=O) groups is 1. The molecule has 0 fully saturated rings. The van der Waals surface area contributed by atoms with Gasteiger partial charge in [0.15, 0.2) is 5.78 Å². The van der Waals surface area contributed by atoms with Gasteiger partial charge in [-0.15, -0.1) is 0 Å². The van der Waals surface area contributed by atoms with Crippen LogP contribution in [0.4, 0.5) is 13.2 Å². The lowest BCUT2D eigenvalue weighted by atomic mass is 9.98. The fraction of sp³-hybridized carbons (Fsp3) is 0.188. The third-order valence-corrected chi connectivity index (χ3v) is 3.22. The summed E-state index contributed by atoms with van der Waals surface area (Å²) < 4.78 is 37.9. The number of hydrogen-bond donors (Lipinski definition) is 0. The second-order valence-electron chi connectivity index (χ2n) is 4.71. The Bertz CT molecular complexity index is 657. The number of alkyl halides is 3. The molecule has 2 aromatic carbocycles. The van der Waals surface area contributed by atoms with Gasteiger partial charge < -0.3 is 0 Å². The maximum atomic E-state index is 12.6. The van der Waals surface area contributed by atoms with Crippen LogP contribution in [0.15, 0.2) is 42.5 Å². The van der Waals surface area contributed by atoms with E-state index >= 15 is 0 Å². The van der Waals surface area contributed by atoms with Crippen molar-refractivity contribution >= 4 is 5.78 Å². The van der Waals surface area contributed by atoms with Gasteiger partial charge >= 0.3 is 6.18 Å². The normalized spacial score (nSPS) is 11.4. The van der Waals surface area contributed by atoms with Gasteiger partial charge in [0.2, 0.25) is 0 Å². The van der Waals surface area contributed by atoms with E-state index in [2.05, 4.69) is 0 Å². The van der Waals surface area contributed by atoms with Crippen LogP contribution in [0.2, 0.25) is 0 Å². The number of aryl methyl sites for hydroxylation is 2. The highest BCUT2D eigenvalue weighted by atomic mass is 19.4. The van der Waals surface area contributed by atoms with Gasteiger partial charge in [0, 0.05) is 11.1 Å². The highest BCUT2D eigenvalue weighted by Crippen LogP contribution is 2.30. The summed E-state index contributed by atoms with van der Waals surface area (Å²) in [4.78, 5) is 12.2.